The molecule has 1 heterocycles. The molecule has 35 heavy (non-hydrogen) atoms. The van der Waals surface area contributed by atoms with Crippen molar-refractivity contribution in [2.45, 2.75) is 37.5 Å². The second kappa shape index (κ2) is 11.2. The average molecular weight is 529 g/mol. The van der Waals surface area contributed by atoms with Gasteiger partial charge in [0.2, 0.25) is 5.78 Å². The zero-order valence-corrected chi connectivity index (χ0v) is 19.9. The lowest BCUT2D eigenvalue weighted by atomic mass is 9.94. The van der Waals surface area contributed by atoms with E-state index in [0.717, 1.165) is 31.4 Å². The molecule has 1 fully saturated rings. The van der Waals surface area contributed by atoms with E-state index in [2.05, 4.69) is 0 Å². The van der Waals surface area contributed by atoms with Crippen molar-refractivity contribution < 1.29 is 32.2 Å². The third-order valence-electron chi connectivity index (χ3n) is 5.44. The number of ketones is 1. The van der Waals surface area contributed by atoms with Crippen LogP contribution in [0.3, 0.4) is 0 Å². The number of carbonyl (C=O) groups excluding carboxylic acids is 2. The molecule has 0 bridgehead atoms. The highest BCUT2D eigenvalue weighted by atomic mass is 35.5. The maximum atomic E-state index is 13.4. The molecule has 0 N–H and O–H groups in total. The zero-order valence-electron chi connectivity index (χ0n) is 18.4. The van der Waals surface area contributed by atoms with Crippen LogP contribution in [0, 0.1) is 11.3 Å². The van der Waals surface area contributed by atoms with Crippen LogP contribution in [0.2, 0.25) is 10.0 Å². The summed E-state index contributed by atoms with van der Waals surface area (Å²) in [4.78, 5) is 28.0. The van der Waals surface area contributed by atoms with Crippen LogP contribution >= 0.6 is 23.2 Å². The van der Waals surface area contributed by atoms with Crippen molar-refractivity contribution in [3.8, 4) is 17.6 Å². The first kappa shape index (κ1) is 26.6. The van der Waals surface area contributed by atoms with Crippen LogP contribution in [0.1, 0.15) is 31.2 Å². The topological polar surface area (TPSA) is 79.6 Å². The molecule has 3 rings (SSSR count). The van der Waals surface area contributed by atoms with Crippen molar-refractivity contribution in [2.75, 3.05) is 19.7 Å². The van der Waals surface area contributed by atoms with Gasteiger partial charge in [-0.1, -0.05) is 35.3 Å². The number of amides is 1. The predicted octanol–water partition coefficient (Wildman–Crippen LogP) is 5.70. The van der Waals surface area contributed by atoms with Crippen molar-refractivity contribution in [1.82, 2.24) is 4.90 Å². The number of nitrogens with zero attached hydrogens (tertiary/aromatic N) is 2. The molecule has 1 saturated heterocycles. The van der Waals surface area contributed by atoms with Gasteiger partial charge in [-0.3, -0.25) is 9.59 Å². The molecule has 0 saturated carbocycles. The van der Waals surface area contributed by atoms with Gasteiger partial charge in [-0.2, -0.15) is 18.4 Å². The minimum atomic E-state index is -4.57. The average Bonchev–Trinajstić information content (AvgIpc) is 2.84. The highest BCUT2D eigenvalue weighted by molar-refractivity contribution is 6.32. The monoisotopic (exact) mass is 528 g/mol. The van der Waals surface area contributed by atoms with E-state index in [4.69, 9.17) is 32.7 Å². The summed E-state index contributed by atoms with van der Waals surface area (Å²) in [5, 5.41) is 9.83. The molecule has 0 aliphatic carbocycles. The number of piperidine rings is 1. The van der Waals surface area contributed by atoms with E-state index in [1.807, 2.05) is 0 Å². The fourth-order valence-electron chi connectivity index (χ4n) is 3.59. The van der Waals surface area contributed by atoms with Crippen molar-refractivity contribution >= 4 is 34.9 Å². The number of halogens is 5. The second-order valence-corrected chi connectivity index (χ2v) is 8.66. The van der Waals surface area contributed by atoms with Gasteiger partial charge < -0.3 is 14.4 Å². The van der Waals surface area contributed by atoms with E-state index in [1.165, 1.54) is 17.0 Å². The number of likely N-dealkylation sites (tertiary alicyclic amines) is 1. The molecule has 186 valence electrons. The van der Waals surface area contributed by atoms with Crippen molar-refractivity contribution in [2.24, 2.45) is 0 Å². The fraction of sp³-hybridized carbons (Fsp3) is 0.375. The zero-order chi connectivity index (χ0) is 25.6. The Balaban J connectivity index is 1.80. The highest BCUT2D eigenvalue weighted by Crippen LogP contribution is 2.35. The molecule has 2 aromatic rings. The van der Waals surface area contributed by atoms with Crippen molar-refractivity contribution in [3.63, 3.8) is 0 Å². The number of rotatable bonds is 8. The van der Waals surface area contributed by atoms with Gasteiger partial charge in [0.05, 0.1) is 22.2 Å². The number of ether oxygens (including phenoxy) is 2. The lowest BCUT2D eigenvalue weighted by Crippen LogP contribution is -2.58. The van der Waals surface area contributed by atoms with E-state index in [9.17, 15) is 28.0 Å². The quantitative estimate of drug-likeness (QED) is 0.410. The Morgan fingerprint density at radius 1 is 1.00 bits per heavy atom. The van der Waals surface area contributed by atoms with Crippen LogP contribution in [0.4, 0.5) is 13.2 Å². The third-order valence-corrected chi connectivity index (χ3v) is 6.05. The molecule has 1 aliphatic heterocycles. The first-order valence-electron chi connectivity index (χ1n) is 10.8. The van der Waals surface area contributed by atoms with Crippen molar-refractivity contribution in [3.05, 3.63) is 58.1 Å². The molecule has 1 amide bonds. The van der Waals surface area contributed by atoms with Gasteiger partial charge in [-0.15, -0.1) is 0 Å². The van der Waals surface area contributed by atoms with E-state index in [-0.39, 0.29) is 28.2 Å². The molecule has 1 aliphatic rings. The summed E-state index contributed by atoms with van der Waals surface area (Å²) in [7, 11) is 0. The normalized spacial score (nSPS) is 15.6. The number of nitriles is 1. The minimum absolute atomic E-state index is 0.0128. The molecule has 1 atom stereocenters. The van der Waals surface area contributed by atoms with Crippen LogP contribution in [0.25, 0.3) is 0 Å². The number of hydrogen-bond donors (Lipinski definition) is 0. The Bertz CT molecular complexity index is 1130. The Labute approximate surface area is 210 Å². The van der Waals surface area contributed by atoms with E-state index >= 15 is 0 Å². The largest absolute Gasteiger partial charge is 0.492 e. The molecule has 6 nitrogen and oxygen atoms in total. The van der Waals surface area contributed by atoms with Gasteiger partial charge in [-0.25, -0.2) is 0 Å². The Morgan fingerprint density at radius 2 is 1.69 bits per heavy atom. The van der Waals surface area contributed by atoms with Crippen LogP contribution in [-0.2, 0) is 15.8 Å². The lowest BCUT2D eigenvalue weighted by Gasteiger charge is -2.34. The Morgan fingerprint density at radius 3 is 2.29 bits per heavy atom. The number of benzene rings is 2. The van der Waals surface area contributed by atoms with Crippen LogP contribution in [0.15, 0.2) is 42.5 Å². The molecule has 0 spiro atoms. The van der Waals surface area contributed by atoms with Gasteiger partial charge >= 0.3 is 11.8 Å². The third kappa shape index (κ3) is 6.19. The summed E-state index contributed by atoms with van der Waals surface area (Å²) in [6.07, 6.45) is -2.65. The first-order chi connectivity index (χ1) is 16.6. The number of carbonyl (C=O) groups is 2. The summed E-state index contributed by atoms with van der Waals surface area (Å²) in [5.74, 6) is -1.76. The molecular formula is C24H21Cl2F3N2O4. The fourth-order valence-corrected chi connectivity index (χ4v) is 4.00. The molecule has 11 heteroatoms. The van der Waals surface area contributed by atoms with Crippen molar-refractivity contribution in [1.29, 1.82) is 5.26 Å². The summed E-state index contributed by atoms with van der Waals surface area (Å²) < 4.78 is 49.6. The maximum Gasteiger partial charge on any atom is 0.416 e. The lowest BCUT2D eigenvalue weighted by molar-refractivity contribution is -0.152. The summed E-state index contributed by atoms with van der Waals surface area (Å²) in [5.41, 5.74) is -3.45. The van der Waals surface area contributed by atoms with E-state index in [1.54, 1.807) is 18.2 Å². The van der Waals surface area contributed by atoms with Gasteiger partial charge in [0.1, 0.15) is 17.6 Å². The number of para-hydroxylation sites is 1. The Hall–Kier alpha value is -2.96. The summed E-state index contributed by atoms with van der Waals surface area (Å²) in [6, 6.07) is 10.4. The van der Waals surface area contributed by atoms with Gasteiger partial charge in [0.15, 0.2) is 0 Å². The molecule has 1 unspecified atom stereocenters. The SMILES string of the molecule is N#CC(Oc1ccccc1Cl)(C(=O)CCOc1ccc(C(F)(F)F)cc1Cl)C(=O)N1CCCCC1. The van der Waals surface area contributed by atoms with Crippen LogP contribution in [0.5, 0.6) is 11.5 Å². The Kier molecular flexibility index (Phi) is 8.51. The maximum absolute atomic E-state index is 13.4. The van der Waals surface area contributed by atoms with Gasteiger partial charge in [-0.05, 0) is 49.6 Å². The molecular weight excluding hydrogens is 508 g/mol. The van der Waals surface area contributed by atoms with Gasteiger partial charge in [0.25, 0.3) is 5.91 Å². The minimum Gasteiger partial charge on any atom is -0.492 e. The van der Waals surface area contributed by atoms with E-state index < -0.39 is 35.5 Å². The number of hydrogen-bond acceptors (Lipinski definition) is 5. The number of Topliss-reactive ketones (excluding diaryl/α,β-unsaturated/α-hetero) is 1. The predicted molar refractivity (Wildman–Crippen MR) is 122 cm³/mol. The standard InChI is InChI=1S/C24H21Cl2F3N2O4/c25-17-6-2-3-7-20(17)35-23(15-30,22(33)31-11-4-1-5-12-31)21(32)10-13-34-19-9-8-16(14-18(19)26)24(27,28)29/h2-3,6-9,14H,1,4-5,10-13H2. The van der Waals surface area contributed by atoms with E-state index in [0.29, 0.717) is 19.2 Å². The molecule has 2 aromatic carbocycles. The first-order valence-corrected chi connectivity index (χ1v) is 11.5. The highest BCUT2D eigenvalue weighted by Gasteiger charge is 2.51. The summed E-state index contributed by atoms with van der Waals surface area (Å²) >= 11 is 12.0. The van der Waals surface area contributed by atoms with Crippen LogP contribution < -0.4 is 9.47 Å². The van der Waals surface area contributed by atoms with Crippen LogP contribution in [-0.4, -0.2) is 41.9 Å². The molecule has 0 radical (unpaired) electrons. The smallest absolute Gasteiger partial charge is 0.416 e. The number of alkyl halides is 3. The van der Waals surface area contributed by atoms with Gasteiger partial charge in [0, 0.05) is 19.5 Å². The summed E-state index contributed by atoms with van der Waals surface area (Å²) in [6.45, 7) is 0.394. The molecule has 0 aromatic heterocycles. The second-order valence-electron chi connectivity index (χ2n) is 7.84.